The Labute approximate surface area is 144 Å². The molecule has 0 aliphatic carbocycles. The van der Waals surface area contributed by atoms with Crippen LogP contribution in [-0.2, 0) is 4.79 Å². The van der Waals surface area contributed by atoms with Crippen molar-refractivity contribution in [3.05, 3.63) is 53.1 Å². The summed E-state index contributed by atoms with van der Waals surface area (Å²) < 4.78 is 9.33. The van der Waals surface area contributed by atoms with E-state index in [9.17, 15) is 4.79 Å². The fourth-order valence-corrected chi connectivity index (χ4v) is 4.36. The van der Waals surface area contributed by atoms with Crippen molar-refractivity contribution in [2.45, 2.75) is 6.92 Å². The molecule has 0 N–H and O–H groups in total. The number of para-hydroxylation sites is 1. The molecule has 0 saturated heterocycles. The van der Waals surface area contributed by atoms with Crippen molar-refractivity contribution in [3.8, 4) is 17.0 Å². The molecule has 0 aliphatic heterocycles. The molecule has 2 aromatic heterocycles. The second-order valence-corrected chi connectivity index (χ2v) is 6.82. The van der Waals surface area contributed by atoms with Crippen LogP contribution in [0.4, 0.5) is 0 Å². The highest BCUT2D eigenvalue weighted by molar-refractivity contribution is 9.10. The zero-order chi connectivity index (χ0) is 16.0. The molecule has 0 fully saturated rings. The molecular weight excluding hydrogens is 376 g/mol. The number of carbonyl (C=O) groups excluding carboxylic acids is 1. The first-order chi connectivity index (χ1) is 11.1. The van der Waals surface area contributed by atoms with Gasteiger partial charge in [-0.3, -0.25) is 9.20 Å². The summed E-state index contributed by atoms with van der Waals surface area (Å²) >= 11 is 5.31. The lowest BCUT2D eigenvalue weighted by Gasteiger charge is -2.03. The summed E-state index contributed by atoms with van der Waals surface area (Å²) in [5.74, 6) is 0.182. The number of esters is 1. The van der Waals surface area contributed by atoms with Crippen molar-refractivity contribution < 1.29 is 9.53 Å². The second kappa shape index (κ2) is 5.47. The maximum atomic E-state index is 11.1. The number of hydrogen-bond donors (Lipinski definition) is 0. The van der Waals surface area contributed by atoms with Crippen LogP contribution in [0, 0.1) is 0 Å². The first-order valence-electron chi connectivity index (χ1n) is 6.98. The quantitative estimate of drug-likeness (QED) is 0.363. The Morgan fingerprint density at radius 1 is 1.22 bits per heavy atom. The zero-order valence-electron chi connectivity index (χ0n) is 12.1. The standard InChI is InChI=1S/C17H11BrN2O2S/c1-10(21)22-12-6-4-5-11(9-12)15-16(18)20-13-7-2-3-8-14(13)23-17(20)19-15/h2-9H,1H3. The van der Waals surface area contributed by atoms with Gasteiger partial charge in [0.1, 0.15) is 16.0 Å². The summed E-state index contributed by atoms with van der Waals surface area (Å²) in [5.41, 5.74) is 2.85. The molecule has 0 saturated carbocycles. The smallest absolute Gasteiger partial charge is 0.308 e. The van der Waals surface area contributed by atoms with E-state index in [1.807, 2.05) is 30.3 Å². The van der Waals surface area contributed by atoms with E-state index < -0.39 is 0 Å². The van der Waals surface area contributed by atoms with Gasteiger partial charge in [0.05, 0.1) is 10.2 Å². The number of nitrogens with zero attached hydrogens (tertiary/aromatic N) is 2. The number of halogens is 1. The molecule has 0 atom stereocenters. The minimum atomic E-state index is -0.335. The van der Waals surface area contributed by atoms with Crippen molar-refractivity contribution >= 4 is 48.4 Å². The molecule has 0 bridgehead atoms. The van der Waals surface area contributed by atoms with Crippen LogP contribution in [0.2, 0.25) is 0 Å². The fraction of sp³-hybridized carbons (Fsp3) is 0.0588. The van der Waals surface area contributed by atoms with E-state index in [0.29, 0.717) is 5.75 Å². The molecule has 2 aromatic carbocycles. The van der Waals surface area contributed by atoms with Gasteiger partial charge in [-0.15, -0.1) is 0 Å². The zero-order valence-corrected chi connectivity index (χ0v) is 14.5. The fourth-order valence-electron chi connectivity index (χ4n) is 2.54. The average molecular weight is 387 g/mol. The molecule has 4 rings (SSSR count). The lowest BCUT2D eigenvalue weighted by molar-refractivity contribution is -0.131. The summed E-state index contributed by atoms with van der Waals surface area (Å²) in [6, 6.07) is 15.6. The third-order valence-electron chi connectivity index (χ3n) is 3.47. The van der Waals surface area contributed by atoms with Gasteiger partial charge >= 0.3 is 5.97 Å². The molecular formula is C17H11BrN2O2S. The highest BCUT2D eigenvalue weighted by atomic mass is 79.9. The van der Waals surface area contributed by atoms with Gasteiger partial charge in [0, 0.05) is 12.5 Å². The molecule has 2 heterocycles. The molecule has 0 aliphatic rings. The van der Waals surface area contributed by atoms with Gasteiger partial charge in [-0.1, -0.05) is 35.6 Å². The van der Waals surface area contributed by atoms with Gasteiger partial charge in [-0.25, -0.2) is 4.98 Å². The number of hydrogen-bond acceptors (Lipinski definition) is 4. The Morgan fingerprint density at radius 2 is 2.04 bits per heavy atom. The number of fused-ring (bicyclic) bond motifs is 3. The minimum Gasteiger partial charge on any atom is -0.427 e. The molecule has 114 valence electrons. The van der Waals surface area contributed by atoms with E-state index >= 15 is 0 Å². The molecule has 23 heavy (non-hydrogen) atoms. The van der Waals surface area contributed by atoms with Crippen LogP contribution in [0.5, 0.6) is 5.75 Å². The molecule has 0 amide bonds. The van der Waals surface area contributed by atoms with Crippen LogP contribution < -0.4 is 4.74 Å². The Bertz CT molecular complexity index is 1050. The van der Waals surface area contributed by atoms with Crippen LogP contribution >= 0.6 is 27.3 Å². The molecule has 0 spiro atoms. The van der Waals surface area contributed by atoms with E-state index in [0.717, 1.165) is 26.3 Å². The highest BCUT2D eigenvalue weighted by Crippen LogP contribution is 2.36. The first-order valence-corrected chi connectivity index (χ1v) is 8.59. The topological polar surface area (TPSA) is 43.6 Å². The van der Waals surface area contributed by atoms with E-state index in [1.165, 1.54) is 11.6 Å². The lowest BCUT2D eigenvalue weighted by Crippen LogP contribution is -2.01. The van der Waals surface area contributed by atoms with Crippen molar-refractivity contribution in [2.75, 3.05) is 0 Å². The predicted molar refractivity (Wildman–Crippen MR) is 95.0 cm³/mol. The molecule has 0 radical (unpaired) electrons. The van der Waals surface area contributed by atoms with E-state index in [2.05, 4.69) is 32.5 Å². The van der Waals surface area contributed by atoms with Crippen molar-refractivity contribution in [1.82, 2.24) is 9.38 Å². The number of carbonyl (C=O) groups is 1. The number of thiazole rings is 1. The normalized spacial score (nSPS) is 11.2. The Hall–Kier alpha value is -2.18. The number of aromatic nitrogens is 2. The van der Waals surface area contributed by atoms with Gasteiger partial charge in [0.15, 0.2) is 4.96 Å². The Morgan fingerprint density at radius 3 is 2.87 bits per heavy atom. The van der Waals surface area contributed by atoms with Crippen LogP contribution in [0.25, 0.3) is 26.4 Å². The number of ether oxygens (including phenoxy) is 1. The van der Waals surface area contributed by atoms with Crippen molar-refractivity contribution in [1.29, 1.82) is 0 Å². The monoisotopic (exact) mass is 386 g/mol. The van der Waals surface area contributed by atoms with E-state index in [1.54, 1.807) is 17.4 Å². The van der Waals surface area contributed by atoms with Gasteiger partial charge in [-0.05, 0) is 40.2 Å². The minimum absolute atomic E-state index is 0.335. The van der Waals surface area contributed by atoms with Crippen LogP contribution in [0.1, 0.15) is 6.92 Å². The van der Waals surface area contributed by atoms with Gasteiger partial charge in [0.2, 0.25) is 0 Å². The van der Waals surface area contributed by atoms with Gasteiger partial charge in [0.25, 0.3) is 0 Å². The summed E-state index contributed by atoms with van der Waals surface area (Å²) in [7, 11) is 0. The molecule has 6 heteroatoms. The van der Waals surface area contributed by atoms with E-state index in [-0.39, 0.29) is 5.97 Å². The molecule has 4 nitrogen and oxygen atoms in total. The SMILES string of the molecule is CC(=O)Oc1cccc(-c2nc3sc4ccccc4n3c2Br)c1. The summed E-state index contributed by atoms with van der Waals surface area (Å²) in [6.45, 7) is 1.39. The van der Waals surface area contributed by atoms with Gasteiger partial charge in [-0.2, -0.15) is 0 Å². The number of benzene rings is 2. The molecule has 4 aromatic rings. The highest BCUT2D eigenvalue weighted by Gasteiger charge is 2.16. The lowest BCUT2D eigenvalue weighted by atomic mass is 10.1. The third kappa shape index (κ3) is 2.44. The first kappa shape index (κ1) is 14.4. The van der Waals surface area contributed by atoms with Crippen molar-refractivity contribution in [3.63, 3.8) is 0 Å². The van der Waals surface area contributed by atoms with Crippen LogP contribution in [0.15, 0.2) is 53.1 Å². The second-order valence-electron chi connectivity index (χ2n) is 5.06. The number of imidazole rings is 1. The summed E-state index contributed by atoms with van der Waals surface area (Å²) in [6.07, 6.45) is 0. The van der Waals surface area contributed by atoms with E-state index in [4.69, 9.17) is 9.72 Å². The Balaban J connectivity index is 1.89. The largest absolute Gasteiger partial charge is 0.427 e. The van der Waals surface area contributed by atoms with Crippen LogP contribution in [-0.4, -0.2) is 15.4 Å². The maximum Gasteiger partial charge on any atom is 0.308 e. The third-order valence-corrected chi connectivity index (χ3v) is 5.22. The summed E-state index contributed by atoms with van der Waals surface area (Å²) in [4.78, 5) is 16.8. The number of rotatable bonds is 2. The molecule has 0 unspecified atom stereocenters. The Kier molecular flexibility index (Phi) is 3.43. The van der Waals surface area contributed by atoms with Crippen molar-refractivity contribution in [2.24, 2.45) is 0 Å². The van der Waals surface area contributed by atoms with Gasteiger partial charge < -0.3 is 4.74 Å². The predicted octanol–water partition coefficient (Wildman–Crippen LogP) is 4.90. The van der Waals surface area contributed by atoms with Crippen LogP contribution in [0.3, 0.4) is 0 Å². The summed E-state index contributed by atoms with van der Waals surface area (Å²) in [5, 5.41) is 0. The maximum absolute atomic E-state index is 11.1. The average Bonchev–Trinajstić information content (AvgIpc) is 3.04.